The largest absolute Gasteiger partial charge is 0.303 e. The van der Waals surface area contributed by atoms with E-state index in [2.05, 4.69) is 51.6 Å². The second-order valence-corrected chi connectivity index (χ2v) is 11.5. The molecule has 0 aliphatic carbocycles. The molecule has 1 aliphatic heterocycles. The highest BCUT2D eigenvalue weighted by Gasteiger charge is 2.25. The van der Waals surface area contributed by atoms with Gasteiger partial charge in [-0.3, -0.25) is 4.68 Å². The van der Waals surface area contributed by atoms with Gasteiger partial charge in [0.25, 0.3) is 0 Å². The molecule has 1 atom stereocenters. The van der Waals surface area contributed by atoms with Gasteiger partial charge in [0.15, 0.2) is 0 Å². The van der Waals surface area contributed by atoms with E-state index in [4.69, 9.17) is 5.10 Å². The Hall–Kier alpha value is -2.48. The summed E-state index contributed by atoms with van der Waals surface area (Å²) in [6.07, 6.45) is 3.84. The van der Waals surface area contributed by atoms with Crippen molar-refractivity contribution in [2.75, 3.05) is 25.4 Å². The Kier molecular flexibility index (Phi) is 8.76. The average molecular weight is 495 g/mol. The van der Waals surface area contributed by atoms with E-state index in [9.17, 15) is 8.42 Å². The van der Waals surface area contributed by atoms with Gasteiger partial charge in [0.05, 0.1) is 11.4 Å². The monoisotopic (exact) mass is 494 g/mol. The lowest BCUT2D eigenvalue weighted by Crippen LogP contribution is -2.37. The summed E-state index contributed by atoms with van der Waals surface area (Å²) in [4.78, 5) is 2.48. The maximum atomic E-state index is 12.3. The second-order valence-electron chi connectivity index (χ2n) is 9.43. The summed E-state index contributed by atoms with van der Waals surface area (Å²) < 4.78 is 29.6. The van der Waals surface area contributed by atoms with Crippen LogP contribution in [0.15, 0.2) is 66.7 Å². The molecule has 1 N–H and O–H groups in total. The minimum absolute atomic E-state index is 0.0963. The molecule has 1 aliphatic rings. The molecule has 1 aromatic heterocycles. The van der Waals surface area contributed by atoms with Crippen LogP contribution >= 0.6 is 0 Å². The smallest absolute Gasteiger partial charge is 0.211 e. The second kappa shape index (κ2) is 12.0. The summed E-state index contributed by atoms with van der Waals surface area (Å²) >= 11 is 0. The Morgan fingerprint density at radius 3 is 2.29 bits per heavy atom. The van der Waals surface area contributed by atoms with Gasteiger partial charge in [-0.05, 0) is 69.9 Å². The van der Waals surface area contributed by atoms with Crippen molar-refractivity contribution in [1.82, 2.24) is 19.4 Å². The third-order valence-electron chi connectivity index (χ3n) is 7.03. The zero-order chi connectivity index (χ0) is 24.7. The van der Waals surface area contributed by atoms with Gasteiger partial charge in [-0.1, -0.05) is 60.7 Å². The van der Waals surface area contributed by atoms with Crippen LogP contribution in [-0.2, 0) is 23.0 Å². The normalized spacial score (nSPS) is 16.4. The van der Waals surface area contributed by atoms with Gasteiger partial charge >= 0.3 is 0 Å². The molecule has 0 spiro atoms. The molecular formula is C28H38N4O2S. The molecule has 7 heteroatoms. The topological polar surface area (TPSA) is 67.2 Å². The molecule has 1 saturated heterocycles. The number of hydrogen-bond acceptors (Lipinski definition) is 4. The number of aromatic nitrogens is 2. The fraction of sp³-hybridized carbons (Fsp3) is 0.464. The molecule has 6 nitrogen and oxygen atoms in total. The Bertz CT molecular complexity index is 1150. The van der Waals surface area contributed by atoms with Crippen molar-refractivity contribution in [2.45, 2.75) is 58.0 Å². The van der Waals surface area contributed by atoms with Crippen LogP contribution in [0.1, 0.15) is 67.6 Å². The van der Waals surface area contributed by atoms with Crippen LogP contribution in [-0.4, -0.2) is 48.5 Å². The molecule has 2 aromatic carbocycles. The van der Waals surface area contributed by atoms with Gasteiger partial charge in [0.2, 0.25) is 10.0 Å². The number of likely N-dealkylation sites (tertiary alicyclic amines) is 1. The summed E-state index contributed by atoms with van der Waals surface area (Å²) in [5.74, 6) is 0.616. The van der Waals surface area contributed by atoms with Crippen LogP contribution in [0.5, 0.6) is 0 Å². The van der Waals surface area contributed by atoms with Crippen molar-refractivity contribution in [3.63, 3.8) is 0 Å². The van der Waals surface area contributed by atoms with E-state index in [1.807, 2.05) is 36.4 Å². The van der Waals surface area contributed by atoms with E-state index < -0.39 is 10.0 Å². The Labute approximate surface area is 210 Å². The van der Waals surface area contributed by atoms with Gasteiger partial charge in [0, 0.05) is 30.6 Å². The Balaban J connectivity index is 1.35. The summed E-state index contributed by atoms with van der Waals surface area (Å²) in [5.41, 5.74) is 4.82. The molecule has 0 saturated carbocycles. The van der Waals surface area contributed by atoms with Crippen LogP contribution in [0.3, 0.4) is 0 Å². The third kappa shape index (κ3) is 7.03. The quantitative estimate of drug-likeness (QED) is 0.418. The first-order valence-corrected chi connectivity index (χ1v) is 14.5. The molecule has 4 rings (SSSR count). The zero-order valence-electron chi connectivity index (χ0n) is 20.9. The van der Waals surface area contributed by atoms with Crippen LogP contribution < -0.4 is 4.72 Å². The molecule has 0 bridgehead atoms. The molecule has 0 amide bonds. The minimum atomic E-state index is -3.27. The van der Waals surface area contributed by atoms with Crippen molar-refractivity contribution >= 4 is 10.0 Å². The lowest BCUT2D eigenvalue weighted by Gasteiger charge is -2.33. The predicted octanol–water partition coefficient (Wildman–Crippen LogP) is 4.74. The number of hydrogen-bond donors (Lipinski definition) is 1. The van der Waals surface area contributed by atoms with E-state index in [1.165, 1.54) is 11.3 Å². The standard InChI is InChI=1S/C28H38N4O2S/c1-3-32-28(22-26(29-32)21-23-11-7-5-8-12-23)25-15-18-31(19-16-25)20-17-27(30-35(33,34)4-2)24-13-9-6-10-14-24/h5-14,22,25,27,30H,3-4,15-21H2,1-2H3/t27-/m0/s1. The number of rotatable bonds is 11. The van der Waals surface area contributed by atoms with E-state index in [0.29, 0.717) is 5.92 Å². The van der Waals surface area contributed by atoms with Crippen molar-refractivity contribution in [3.05, 3.63) is 89.2 Å². The van der Waals surface area contributed by atoms with Crippen LogP contribution in [0, 0.1) is 0 Å². The SMILES string of the molecule is CCn1nc(Cc2ccccc2)cc1C1CCN(CC[C@H](NS(=O)(=O)CC)c2ccccc2)CC1. The van der Waals surface area contributed by atoms with E-state index in [1.54, 1.807) is 6.92 Å². The average Bonchev–Trinajstić information content (AvgIpc) is 3.30. The number of aryl methyl sites for hydroxylation is 1. The fourth-order valence-corrected chi connectivity index (χ4v) is 5.86. The van der Waals surface area contributed by atoms with E-state index in [0.717, 1.165) is 63.1 Å². The third-order valence-corrected chi connectivity index (χ3v) is 8.44. The van der Waals surface area contributed by atoms with Gasteiger partial charge in [-0.15, -0.1) is 0 Å². The van der Waals surface area contributed by atoms with Crippen molar-refractivity contribution in [1.29, 1.82) is 0 Å². The highest BCUT2D eigenvalue weighted by atomic mass is 32.2. The number of nitrogens with one attached hydrogen (secondary N) is 1. The van der Waals surface area contributed by atoms with E-state index >= 15 is 0 Å². The molecule has 0 unspecified atom stereocenters. The predicted molar refractivity (Wildman–Crippen MR) is 142 cm³/mol. The summed E-state index contributed by atoms with van der Waals surface area (Å²) in [6.45, 7) is 7.66. The molecule has 3 aromatic rings. The number of benzene rings is 2. The zero-order valence-corrected chi connectivity index (χ0v) is 21.8. The molecular weight excluding hydrogens is 456 g/mol. The number of sulfonamides is 1. The lowest BCUT2D eigenvalue weighted by molar-refractivity contribution is 0.201. The van der Waals surface area contributed by atoms with Crippen molar-refractivity contribution in [2.24, 2.45) is 0 Å². The van der Waals surface area contributed by atoms with Gasteiger partial charge in [-0.25, -0.2) is 13.1 Å². The summed E-state index contributed by atoms with van der Waals surface area (Å²) in [7, 11) is -3.27. The maximum Gasteiger partial charge on any atom is 0.211 e. The highest BCUT2D eigenvalue weighted by molar-refractivity contribution is 7.89. The van der Waals surface area contributed by atoms with Gasteiger partial charge < -0.3 is 4.90 Å². The number of piperidine rings is 1. The summed E-state index contributed by atoms with van der Waals surface area (Å²) in [6, 6.07) is 22.6. The molecule has 2 heterocycles. The first-order valence-electron chi connectivity index (χ1n) is 12.8. The highest BCUT2D eigenvalue weighted by Crippen LogP contribution is 2.30. The van der Waals surface area contributed by atoms with Crippen LogP contribution in [0.2, 0.25) is 0 Å². The Morgan fingerprint density at radius 1 is 1.00 bits per heavy atom. The van der Waals surface area contributed by atoms with Gasteiger partial charge in [0.1, 0.15) is 0 Å². The molecule has 35 heavy (non-hydrogen) atoms. The molecule has 0 radical (unpaired) electrons. The number of nitrogens with zero attached hydrogens (tertiary/aromatic N) is 3. The van der Waals surface area contributed by atoms with E-state index in [-0.39, 0.29) is 11.8 Å². The van der Waals surface area contributed by atoms with Crippen molar-refractivity contribution < 1.29 is 8.42 Å². The molecule has 1 fully saturated rings. The van der Waals surface area contributed by atoms with Crippen molar-refractivity contribution in [3.8, 4) is 0 Å². The Morgan fingerprint density at radius 2 is 1.66 bits per heavy atom. The van der Waals surface area contributed by atoms with Gasteiger partial charge in [-0.2, -0.15) is 5.10 Å². The first kappa shape index (κ1) is 25.6. The summed E-state index contributed by atoms with van der Waals surface area (Å²) in [5, 5.41) is 4.89. The van der Waals surface area contributed by atoms with Crippen LogP contribution in [0.4, 0.5) is 0 Å². The molecule has 188 valence electrons. The fourth-order valence-electron chi connectivity index (χ4n) is 5.00. The lowest BCUT2D eigenvalue weighted by atomic mass is 9.92. The first-order chi connectivity index (χ1) is 17.0. The minimum Gasteiger partial charge on any atom is -0.303 e. The maximum absolute atomic E-state index is 12.3. The van der Waals surface area contributed by atoms with Crippen LogP contribution in [0.25, 0.3) is 0 Å².